The van der Waals surface area contributed by atoms with Crippen LogP contribution in [-0.2, 0) is 4.79 Å². The molecule has 4 rings (SSSR count). The number of rotatable bonds is 6. The van der Waals surface area contributed by atoms with Gasteiger partial charge in [-0.1, -0.05) is 58.6 Å². The Labute approximate surface area is 178 Å². The Kier molecular flexibility index (Phi) is 6.20. The molecular formula is C27H44O2. The largest absolute Gasteiger partial charge is 0.481 e. The quantitative estimate of drug-likeness (QED) is 0.474. The number of allylic oxidation sites excluding steroid dienone is 2. The van der Waals surface area contributed by atoms with Gasteiger partial charge >= 0.3 is 5.97 Å². The molecule has 0 bridgehead atoms. The summed E-state index contributed by atoms with van der Waals surface area (Å²) in [7, 11) is 0. The van der Waals surface area contributed by atoms with Gasteiger partial charge in [-0.3, -0.25) is 4.79 Å². The van der Waals surface area contributed by atoms with E-state index in [9.17, 15) is 9.90 Å². The van der Waals surface area contributed by atoms with E-state index < -0.39 is 5.97 Å². The zero-order valence-corrected chi connectivity index (χ0v) is 19.3. The lowest BCUT2D eigenvalue weighted by Gasteiger charge is -2.54. The average Bonchev–Trinajstić information content (AvgIpc) is 3.04. The third kappa shape index (κ3) is 3.94. The minimum absolute atomic E-state index is 0.120. The van der Waals surface area contributed by atoms with Crippen LogP contribution in [0.2, 0.25) is 0 Å². The Morgan fingerprint density at radius 3 is 2.62 bits per heavy atom. The third-order valence-electron chi connectivity index (χ3n) is 10.00. The topological polar surface area (TPSA) is 37.3 Å². The number of carbonyl (C=O) groups is 1. The molecule has 0 spiro atoms. The zero-order chi connectivity index (χ0) is 20.8. The van der Waals surface area contributed by atoms with Crippen molar-refractivity contribution in [3.8, 4) is 0 Å². The molecule has 164 valence electrons. The first-order chi connectivity index (χ1) is 13.8. The van der Waals surface area contributed by atoms with Gasteiger partial charge in [0, 0.05) is 0 Å². The van der Waals surface area contributed by atoms with Gasteiger partial charge < -0.3 is 5.11 Å². The summed E-state index contributed by atoms with van der Waals surface area (Å²) in [5.41, 5.74) is 2.08. The molecule has 0 aromatic heterocycles. The average molecular weight is 401 g/mol. The molecule has 0 saturated heterocycles. The predicted molar refractivity (Wildman–Crippen MR) is 120 cm³/mol. The second kappa shape index (κ2) is 8.39. The van der Waals surface area contributed by atoms with Crippen LogP contribution in [0.4, 0.5) is 0 Å². The standard InChI is InChI=1S/C27H44O2/c1-17(2)6-5-7-18(3)24-12-13-25-23-11-8-19-16-20(26(28)29)9-10-21(19)22(23)14-15-27(24,25)4/h8,17-18,20-25H,5-7,9-16H2,1-4H3,(H,28,29)/t18-,20+,21-,22+,23+,24-,25+,27-/m0/s1. The Balaban J connectivity index is 1.44. The van der Waals surface area contributed by atoms with Crippen molar-refractivity contribution in [3.63, 3.8) is 0 Å². The molecule has 0 aromatic carbocycles. The second-order valence-corrected chi connectivity index (χ2v) is 11.9. The fraction of sp³-hybridized carbons (Fsp3) is 0.889. The molecule has 4 aliphatic rings. The summed E-state index contributed by atoms with van der Waals surface area (Å²) in [4.78, 5) is 11.5. The molecular weight excluding hydrogens is 356 g/mol. The minimum Gasteiger partial charge on any atom is -0.481 e. The molecule has 0 aromatic rings. The molecule has 29 heavy (non-hydrogen) atoms. The summed E-state index contributed by atoms with van der Waals surface area (Å²) in [6, 6.07) is 0. The summed E-state index contributed by atoms with van der Waals surface area (Å²) >= 11 is 0. The second-order valence-electron chi connectivity index (χ2n) is 11.9. The van der Waals surface area contributed by atoms with E-state index in [0.29, 0.717) is 11.3 Å². The van der Waals surface area contributed by atoms with Gasteiger partial charge in [-0.2, -0.15) is 0 Å². The van der Waals surface area contributed by atoms with Crippen molar-refractivity contribution in [2.45, 2.75) is 98.3 Å². The van der Waals surface area contributed by atoms with Crippen LogP contribution < -0.4 is 0 Å². The molecule has 0 amide bonds. The van der Waals surface area contributed by atoms with Gasteiger partial charge in [-0.25, -0.2) is 0 Å². The van der Waals surface area contributed by atoms with Crippen LogP contribution in [0.25, 0.3) is 0 Å². The summed E-state index contributed by atoms with van der Waals surface area (Å²) < 4.78 is 0. The molecule has 1 N–H and O–H groups in total. The van der Waals surface area contributed by atoms with Crippen molar-refractivity contribution in [2.75, 3.05) is 0 Å². The first kappa shape index (κ1) is 21.4. The lowest BCUT2D eigenvalue weighted by atomic mass is 9.50. The highest BCUT2D eigenvalue weighted by Crippen LogP contribution is 2.65. The van der Waals surface area contributed by atoms with Crippen LogP contribution in [0.3, 0.4) is 0 Å². The first-order valence-electron chi connectivity index (χ1n) is 12.7. The van der Waals surface area contributed by atoms with Crippen molar-refractivity contribution in [3.05, 3.63) is 11.6 Å². The van der Waals surface area contributed by atoms with Crippen molar-refractivity contribution < 1.29 is 9.90 Å². The normalized spacial score (nSPS) is 42.6. The highest BCUT2D eigenvalue weighted by atomic mass is 16.4. The summed E-state index contributed by atoms with van der Waals surface area (Å²) in [6.07, 6.45) is 16.5. The van der Waals surface area contributed by atoms with Crippen LogP contribution in [0.1, 0.15) is 98.3 Å². The molecule has 4 aliphatic carbocycles. The fourth-order valence-electron chi connectivity index (χ4n) is 8.51. The smallest absolute Gasteiger partial charge is 0.306 e. The van der Waals surface area contributed by atoms with Crippen molar-refractivity contribution in [2.24, 2.45) is 52.8 Å². The number of carboxylic acid groups (broad SMARTS) is 1. The van der Waals surface area contributed by atoms with E-state index in [1.165, 1.54) is 56.9 Å². The van der Waals surface area contributed by atoms with Crippen LogP contribution in [0, 0.1) is 52.8 Å². The maximum atomic E-state index is 11.5. The molecule has 3 saturated carbocycles. The maximum absolute atomic E-state index is 11.5. The van der Waals surface area contributed by atoms with Crippen molar-refractivity contribution in [1.29, 1.82) is 0 Å². The number of hydrogen-bond donors (Lipinski definition) is 1. The van der Waals surface area contributed by atoms with E-state index in [-0.39, 0.29) is 5.92 Å². The monoisotopic (exact) mass is 400 g/mol. The highest BCUT2D eigenvalue weighted by Gasteiger charge is 2.56. The van der Waals surface area contributed by atoms with Gasteiger partial charge in [-0.05, 0) is 98.2 Å². The minimum atomic E-state index is -0.576. The number of carboxylic acids is 1. The molecule has 0 unspecified atom stereocenters. The Morgan fingerprint density at radius 2 is 1.90 bits per heavy atom. The summed E-state index contributed by atoms with van der Waals surface area (Å²) in [5.74, 6) is 5.27. The zero-order valence-electron chi connectivity index (χ0n) is 19.3. The molecule has 3 fully saturated rings. The van der Waals surface area contributed by atoms with E-state index in [1.54, 1.807) is 0 Å². The SMILES string of the molecule is CC(C)CCC[C@H](C)[C@@H]1CC[C@@H]2[C@@H]3CC=C4C[C@H](C(=O)O)CC[C@@H]4[C@H]3CC[C@]21C. The Bertz CT molecular complexity index is 634. The van der Waals surface area contributed by atoms with Gasteiger partial charge in [-0.15, -0.1) is 0 Å². The highest BCUT2D eigenvalue weighted by molar-refractivity contribution is 5.70. The van der Waals surface area contributed by atoms with E-state index in [0.717, 1.165) is 54.8 Å². The molecule has 0 radical (unpaired) electrons. The van der Waals surface area contributed by atoms with Gasteiger partial charge in [0.05, 0.1) is 5.92 Å². The van der Waals surface area contributed by atoms with E-state index in [2.05, 4.69) is 33.8 Å². The molecule has 8 atom stereocenters. The molecule has 2 nitrogen and oxygen atoms in total. The van der Waals surface area contributed by atoms with Crippen LogP contribution in [0.5, 0.6) is 0 Å². The van der Waals surface area contributed by atoms with Gasteiger partial charge in [0.2, 0.25) is 0 Å². The Morgan fingerprint density at radius 1 is 1.10 bits per heavy atom. The van der Waals surface area contributed by atoms with Crippen molar-refractivity contribution >= 4 is 5.97 Å². The summed E-state index contributed by atoms with van der Waals surface area (Å²) in [6.45, 7) is 9.92. The Hall–Kier alpha value is -0.790. The summed E-state index contributed by atoms with van der Waals surface area (Å²) in [5, 5.41) is 9.46. The number of fused-ring (bicyclic) bond motifs is 5. The molecule has 0 aliphatic heterocycles. The third-order valence-corrected chi connectivity index (χ3v) is 10.00. The van der Waals surface area contributed by atoms with Crippen LogP contribution in [-0.4, -0.2) is 11.1 Å². The van der Waals surface area contributed by atoms with Crippen LogP contribution >= 0.6 is 0 Å². The lowest BCUT2D eigenvalue weighted by Crippen LogP contribution is -2.47. The molecule has 2 heteroatoms. The predicted octanol–water partition coefficient (Wildman–Crippen LogP) is 7.34. The van der Waals surface area contributed by atoms with E-state index in [1.807, 2.05) is 0 Å². The van der Waals surface area contributed by atoms with Gasteiger partial charge in [0.1, 0.15) is 0 Å². The first-order valence-corrected chi connectivity index (χ1v) is 12.7. The maximum Gasteiger partial charge on any atom is 0.306 e. The van der Waals surface area contributed by atoms with Crippen molar-refractivity contribution in [1.82, 2.24) is 0 Å². The number of aliphatic carboxylic acids is 1. The fourth-order valence-corrected chi connectivity index (χ4v) is 8.51. The van der Waals surface area contributed by atoms with E-state index >= 15 is 0 Å². The van der Waals surface area contributed by atoms with Gasteiger partial charge in [0.15, 0.2) is 0 Å². The lowest BCUT2D eigenvalue weighted by molar-refractivity contribution is -0.142. The molecule has 0 heterocycles. The van der Waals surface area contributed by atoms with Crippen LogP contribution in [0.15, 0.2) is 11.6 Å². The number of hydrogen-bond acceptors (Lipinski definition) is 1. The van der Waals surface area contributed by atoms with Gasteiger partial charge in [0.25, 0.3) is 0 Å². The van der Waals surface area contributed by atoms with E-state index in [4.69, 9.17) is 0 Å².